The lowest BCUT2D eigenvalue weighted by molar-refractivity contribution is 0.415. The summed E-state index contributed by atoms with van der Waals surface area (Å²) in [7, 11) is 1.52. The van der Waals surface area contributed by atoms with E-state index in [2.05, 4.69) is 9.97 Å². The van der Waals surface area contributed by atoms with Crippen LogP contribution in [-0.4, -0.2) is 22.2 Å². The van der Waals surface area contributed by atoms with Gasteiger partial charge in [0.15, 0.2) is 5.13 Å². The third-order valence-corrected chi connectivity index (χ3v) is 6.45. The van der Waals surface area contributed by atoms with E-state index < -0.39 is 5.56 Å². The highest BCUT2D eigenvalue weighted by molar-refractivity contribution is 7.13. The summed E-state index contributed by atoms with van der Waals surface area (Å²) in [6.45, 7) is 0. The fourth-order valence-corrected chi connectivity index (χ4v) is 4.71. The Kier molecular flexibility index (Phi) is 5.28. The van der Waals surface area contributed by atoms with Crippen molar-refractivity contribution in [1.29, 1.82) is 0 Å². The van der Waals surface area contributed by atoms with Crippen molar-refractivity contribution in [3.05, 3.63) is 81.4 Å². The van der Waals surface area contributed by atoms with Gasteiger partial charge in [-0.25, -0.2) is 4.98 Å². The van der Waals surface area contributed by atoms with Gasteiger partial charge in [0.05, 0.1) is 28.9 Å². The van der Waals surface area contributed by atoms with Crippen molar-refractivity contribution in [2.24, 2.45) is 0 Å². The molecular weight excluding hydrogens is 458 g/mol. The number of methoxy groups -OCH3 is 1. The first-order chi connectivity index (χ1) is 16.0. The fraction of sp³-hybridized carbons (Fsp3) is 0.0400. The zero-order valence-electron chi connectivity index (χ0n) is 17.4. The molecule has 33 heavy (non-hydrogen) atoms. The number of nitrogens with zero attached hydrogens (tertiary/aromatic N) is 1. The fourth-order valence-electron chi connectivity index (χ4n) is 3.86. The number of nitrogens with two attached hydrogens (primary N) is 1. The molecule has 0 atom stereocenters. The second kappa shape index (κ2) is 8.27. The Bertz CT molecular complexity index is 1560. The lowest BCUT2D eigenvalue weighted by atomic mass is 9.98. The number of benzene rings is 3. The molecule has 0 amide bonds. The van der Waals surface area contributed by atoms with Crippen molar-refractivity contribution in [2.45, 2.75) is 0 Å². The van der Waals surface area contributed by atoms with Crippen molar-refractivity contribution in [1.82, 2.24) is 9.97 Å². The molecule has 5 rings (SSSR count). The molecule has 0 saturated carbocycles. The molecule has 0 saturated heterocycles. The van der Waals surface area contributed by atoms with E-state index in [1.165, 1.54) is 18.4 Å². The van der Waals surface area contributed by atoms with Crippen LogP contribution in [0, 0.1) is 0 Å². The highest BCUT2D eigenvalue weighted by atomic mass is 35.5. The molecule has 164 valence electrons. The number of rotatable bonds is 4. The first-order valence-corrected chi connectivity index (χ1v) is 11.3. The maximum atomic E-state index is 12.8. The second-order valence-electron chi connectivity index (χ2n) is 7.40. The average molecular weight is 476 g/mol. The number of ether oxygens (including phenoxy) is 1. The van der Waals surface area contributed by atoms with Crippen LogP contribution in [-0.2, 0) is 0 Å². The largest absolute Gasteiger partial charge is 0.506 e. The molecule has 0 aliphatic rings. The molecule has 0 radical (unpaired) electrons. The number of fused-ring (bicyclic) bond motifs is 1. The summed E-state index contributed by atoms with van der Waals surface area (Å²) in [5, 5.41) is 14.5. The summed E-state index contributed by atoms with van der Waals surface area (Å²) >= 11 is 7.94. The molecule has 0 unspecified atom stereocenters. The van der Waals surface area contributed by atoms with Crippen LogP contribution in [0.25, 0.3) is 44.4 Å². The number of nitrogens with one attached hydrogen (secondary N) is 1. The van der Waals surface area contributed by atoms with E-state index in [4.69, 9.17) is 22.1 Å². The van der Waals surface area contributed by atoms with Crippen LogP contribution in [0.3, 0.4) is 0 Å². The van der Waals surface area contributed by atoms with Gasteiger partial charge in [-0.3, -0.25) is 4.79 Å². The van der Waals surface area contributed by atoms with Gasteiger partial charge in [0.1, 0.15) is 11.5 Å². The molecule has 3 aromatic carbocycles. The Morgan fingerprint density at radius 1 is 1.06 bits per heavy atom. The molecule has 4 N–H and O–H groups in total. The van der Waals surface area contributed by atoms with Gasteiger partial charge in [-0.2, -0.15) is 0 Å². The third kappa shape index (κ3) is 3.71. The van der Waals surface area contributed by atoms with Crippen molar-refractivity contribution < 1.29 is 9.84 Å². The molecular formula is C25H18ClN3O3S. The third-order valence-electron chi connectivity index (χ3n) is 5.46. The summed E-state index contributed by atoms with van der Waals surface area (Å²) in [6.07, 6.45) is 0. The Balaban J connectivity index is 1.66. The Hall–Kier alpha value is -3.81. The highest BCUT2D eigenvalue weighted by Gasteiger charge is 2.19. The number of nitrogen functional groups attached to an aromatic ring is 1. The summed E-state index contributed by atoms with van der Waals surface area (Å²) in [5.74, 6) is 0.357. The zero-order chi connectivity index (χ0) is 23.1. The molecule has 0 aliphatic heterocycles. The molecule has 0 aliphatic carbocycles. The van der Waals surface area contributed by atoms with Crippen molar-refractivity contribution >= 4 is 39.0 Å². The number of anilines is 1. The van der Waals surface area contributed by atoms with Crippen LogP contribution < -0.4 is 16.0 Å². The lowest BCUT2D eigenvalue weighted by Crippen LogP contribution is -2.10. The number of hydrogen-bond acceptors (Lipinski definition) is 6. The van der Waals surface area contributed by atoms with Crippen LogP contribution in [0.4, 0.5) is 5.13 Å². The van der Waals surface area contributed by atoms with Gasteiger partial charge in [0, 0.05) is 27.5 Å². The number of H-pyrrole nitrogens is 1. The quantitative estimate of drug-likeness (QED) is 0.299. The van der Waals surface area contributed by atoms with Gasteiger partial charge in [-0.15, -0.1) is 11.3 Å². The van der Waals surface area contributed by atoms with Crippen LogP contribution in [0.5, 0.6) is 11.5 Å². The van der Waals surface area contributed by atoms with Crippen LogP contribution >= 0.6 is 22.9 Å². The van der Waals surface area contributed by atoms with Crippen LogP contribution in [0.15, 0.2) is 70.8 Å². The molecule has 0 bridgehead atoms. The van der Waals surface area contributed by atoms with Crippen LogP contribution in [0.2, 0.25) is 5.02 Å². The topological polar surface area (TPSA) is 101 Å². The van der Waals surface area contributed by atoms with E-state index in [0.717, 1.165) is 22.4 Å². The number of aromatic amines is 1. The first-order valence-electron chi connectivity index (χ1n) is 10.00. The minimum absolute atomic E-state index is 0.134. The number of hydrogen-bond donors (Lipinski definition) is 3. The van der Waals surface area contributed by atoms with Gasteiger partial charge < -0.3 is 20.6 Å². The summed E-state index contributed by atoms with van der Waals surface area (Å²) in [4.78, 5) is 20.0. The molecule has 0 spiro atoms. The number of aromatic hydroxyl groups is 1. The standard InChI is InChI=1S/C25H18ClN3O3S/c1-32-21-5-3-2-4-15(21)22-23(30)17-10-16(18(26)11-19(17)28-24(22)31)13-6-8-14(9-7-13)20-12-33-25(27)29-20/h2-12H,1H3,(H2,27,29)(H2,28,30,31). The number of para-hydroxylation sites is 1. The van der Waals surface area contributed by atoms with Crippen molar-refractivity contribution in [3.63, 3.8) is 0 Å². The van der Waals surface area contributed by atoms with Gasteiger partial charge >= 0.3 is 0 Å². The van der Waals surface area contributed by atoms with E-state index in [9.17, 15) is 9.90 Å². The zero-order valence-corrected chi connectivity index (χ0v) is 19.0. The molecule has 6 nitrogen and oxygen atoms in total. The summed E-state index contributed by atoms with van der Waals surface area (Å²) in [5.41, 5.74) is 9.73. The summed E-state index contributed by atoms with van der Waals surface area (Å²) < 4.78 is 5.39. The Labute approximate surface area is 197 Å². The number of pyridine rings is 1. The smallest absolute Gasteiger partial charge is 0.260 e. The maximum absolute atomic E-state index is 12.8. The van der Waals surface area contributed by atoms with Gasteiger partial charge in [-0.1, -0.05) is 54.1 Å². The SMILES string of the molecule is COc1ccccc1-c1c(O)c2cc(-c3ccc(-c4csc(N)n4)cc3)c(Cl)cc2[nH]c1=O. The molecule has 0 fully saturated rings. The lowest BCUT2D eigenvalue weighted by Gasteiger charge is -2.13. The van der Waals surface area contributed by atoms with E-state index >= 15 is 0 Å². The van der Waals surface area contributed by atoms with Crippen LogP contribution in [0.1, 0.15) is 0 Å². The monoisotopic (exact) mass is 475 g/mol. The summed E-state index contributed by atoms with van der Waals surface area (Å²) in [6, 6.07) is 18.2. The number of thiazole rings is 1. The normalized spacial score (nSPS) is 11.1. The van der Waals surface area contributed by atoms with Gasteiger partial charge in [0.25, 0.3) is 5.56 Å². The minimum atomic E-state index is -0.430. The molecule has 2 heterocycles. The molecule has 5 aromatic rings. The van der Waals surface area contributed by atoms with Crippen molar-refractivity contribution in [2.75, 3.05) is 12.8 Å². The molecule has 8 heteroatoms. The van der Waals surface area contributed by atoms with Gasteiger partial charge in [-0.05, 0) is 23.8 Å². The molecule has 2 aromatic heterocycles. The second-order valence-corrected chi connectivity index (χ2v) is 8.70. The first kappa shape index (κ1) is 21.1. The van der Waals surface area contributed by atoms with E-state index in [-0.39, 0.29) is 11.3 Å². The van der Waals surface area contributed by atoms with E-state index in [0.29, 0.717) is 32.4 Å². The maximum Gasteiger partial charge on any atom is 0.260 e. The predicted molar refractivity (Wildman–Crippen MR) is 134 cm³/mol. The predicted octanol–water partition coefficient (Wildman–Crippen LogP) is 5.94. The van der Waals surface area contributed by atoms with E-state index in [1.807, 2.05) is 29.6 Å². The average Bonchev–Trinajstić information content (AvgIpc) is 3.25. The van der Waals surface area contributed by atoms with Crippen molar-refractivity contribution in [3.8, 4) is 45.0 Å². The minimum Gasteiger partial charge on any atom is -0.506 e. The van der Waals surface area contributed by atoms with E-state index in [1.54, 1.807) is 36.4 Å². The number of aromatic nitrogens is 2. The van der Waals surface area contributed by atoms with Gasteiger partial charge in [0.2, 0.25) is 0 Å². The number of halogens is 1. The Morgan fingerprint density at radius 2 is 1.79 bits per heavy atom. The Morgan fingerprint density at radius 3 is 2.48 bits per heavy atom. The highest BCUT2D eigenvalue weighted by Crippen LogP contribution is 2.40.